The van der Waals surface area contributed by atoms with E-state index in [0.717, 1.165) is 0 Å². The molecule has 0 unspecified atom stereocenters. The van der Waals surface area contributed by atoms with Crippen LogP contribution in [0, 0.1) is 12.7 Å². The van der Waals surface area contributed by atoms with Crippen LogP contribution in [0.15, 0.2) is 24.4 Å². The van der Waals surface area contributed by atoms with Crippen molar-refractivity contribution >= 4 is 22.5 Å². The minimum absolute atomic E-state index is 0.0633. The number of hydrogen-bond donors (Lipinski definition) is 1. The van der Waals surface area contributed by atoms with Gasteiger partial charge in [0, 0.05) is 13.1 Å². The number of anilines is 1. The molecule has 0 bridgehead atoms. The summed E-state index contributed by atoms with van der Waals surface area (Å²) in [6.45, 7) is 2.22. The predicted octanol–water partition coefficient (Wildman–Crippen LogP) is 3.69. The van der Waals surface area contributed by atoms with Crippen molar-refractivity contribution in [1.29, 1.82) is 0 Å². The third-order valence-corrected chi connectivity index (χ3v) is 7.14. The van der Waals surface area contributed by atoms with Crippen LogP contribution in [0.4, 0.5) is 23.5 Å². The Hall–Kier alpha value is -3.45. The van der Waals surface area contributed by atoms with Gasteiger partial charge in [-0.3, -0.25) is 4.90 Å². The number of aromatic nitrogens is 5. The first kappa shape index (κ1) is 23.7. The fraction of sp³-hybridized carbons (Fsp3) is 0.480. The number of nitrogens with zero attached hydrogens (tertiary/aromatic N) is 6. The lowest BCUT2D eigenvalue weighted by molar-refractivity contribution is -0.0794. The van der Waals surface area contributed by atoms with E-state index >= 15 is 8.78 Å². The Labute approximate surface area is 216 Å². The summed E-state index contributed by atoms with van der Waals surface area (Å²) in [6.07, 6.45) is -2.27. The highest BCUT2D eigenvalue weighted by molar-refractivity contribution is 5.90. The molecule has 0 amide bonds. The highest BCUT2D eigenvalue weighted by Crippen LogP contribution is 2.36. The maximum atomic E-state index is 15.4. The number of rotatable bonds is 7. The predicted molar refractivity (Wildman–Crippen MR) is 132 cm³/mol. The molecule has 202 valence electrons. The van der Waals surface area contributed by atoms with Crippen LogP contribution >= 0.6 is 0 Å². The number of aryl methyl sites for hydroxylation is 1. The molecular weight excluding hydrogens is 506 g/mol. The van der Waals surface area contributed by atoms with Crippen LogP contribution in [-0.2, 0) is 11.3 Å². The Morgan fingerprint density at radius 1 is 1.29 bits per heavy atom. The summed E-state index contributed by atoms with van der Waals surface area (Å²) >= 11 is 0. The zero-order valence-corrected chi connectivity index (χ0v) is 20.8. The molecule has 0 spiro atoms. The monoisotopic (exact) mass is 534 g/mol. The van der Waals surface area contributed by atoms with E-state index in [1.165, 1.54) is 22.4 Å². The van der Waals surface area contributed by atoms with Crippen molar-refractivity contribution in [3.05, 3.63) is 36.0 Å². The van der Waals surface area contributed by atoms with Crippen molar-refractivity contribution in [2.45, 2.75) is 44.5 Å². The fourth-order valence-electron chi connectivity index (χ4n) is 5.16. The van der Waals surface area contributed by atoms with Crippen molar-refractivity contribution in [3.8, 4) is 17.0 Å². The first-order valence-corrected chi connectivity index (χ1v) is 12.3. The van der Waals surface area contributed by atoms with Gasteiger partial charge in [-0.15, -0.1) is 5.10 Å². The third kappa shape index (κ3) is 4.33. The average molecular weight is 535 g/mol. The normalized spacial score (nSPS) is 22.1. The molecular formula is C25H27F4N7O2. The number of fused-ring (bicyclic) bond motifs is 2. The van der Waals surface area contributed by atoms with Gasteiger partial charge >= 0.3 is 0 Å². The molecule has 13 heteroatoms. The lowest BCUT2D eigenvalue weighted by Gasteiger charge is -2.42. The van der Waals surface area contributed by atoms with E-state index in [0.29, 0.717) is 35.4 Å². The molecule has 5 heterocycles. The van der Waals surface area contributed by atoms with Gasteiger partial charge in [0.15, 0.2) is 5.82 Å². The molecule has 0 radical (unpaired) electrons. The zero-order chi connectivity index (χ0) is 27.5. The van der Waals surface area contributed by atoms with E-state index in [1.807, 2.05) is 0 Å². The third-order valence-electron chi connectivity index (χ3n) is 7.14. The van der Waals surface area contributed by atoms with Gasteiger partial charge in [0.25, 0.3) is 6.43 Å². The molecule has 1 aromatic carbocycles. The topological polar surface area (TPSA) is 81.7 Å². The first-order valence-electron chi connectivity index (χ1n) is 12.8. The summed E-state index contributed by atoms with van der Waals surface area (Å²) in [4.78, 5) is 10.5. The first-order chi connectivity index (χ1) is 18.7. The Morgan fingerprint density at radius 3 is 2.79 bits per heavy atom. The van der Waals surface area contributed by atoms with E-state index in [2.05, 4.69) is 20.4 Å². The van der Waals surface area contributed by atoms with E-state index in [4.69, 9.17) is 10.8 Å². The van der Waals surface area contributed by atoms with Crippen molar-refractivity contribution in [2.75, 3.05) is 38.7 Å². The minimum atomic E-state index is -2.58. The molecule has 3 aromatic heterocycles. The quantitative estimate of drug-likeness (QED) is 0.362. The number of imidazole rings is 1. The highest BCUT2D eigenvalue weighted by atomic mass is 19.3. The fourth-order valence-corrected chi connectivity index (χ4v) is 5.16. The molecule has 38 heavy (non-hydrogen) atoms. The summed E-state index contributed by atoms with van der Waals surface area (Å²) in [6, 6.07) is 3.42. The molecule has 1 N–H and O–H groups in total. The summed E-state index contributed by atoms with van der Waals surface area (Å²) < 4.78 is 78.4. The van der Waals surface area contributed by atoms with Gasteiger partial charge in [0.1, 0.15) is 17.5 Å². The van der Waals surface area contributed by atoms with Gasteiger partial charge in [-0.25, -0.2) is 27.1 Å². The molecule has 0 aliphatic carbocycles. The summed E-state index contributed by atoms with van der Waals surface area (Å²) in [5, 5.41) is 7.36. The van der Waals surface area contributed by atoms with Crippen LogP contribution in [0.1, 0.15) is 13.6 Å². The molecule has 9 nitrogen and oxygen atoms in total. The van der Waals surface area contributed by atoms with Crippen LogP contribution in [0.5, 0.6) is 5.88 Å². The second-order valence-electron chi connectivity index (χ2n) is 9.51. The van der Waals surface area contributed by atoms with Crippen LogP contribution in [-0.4, -0.2) is 87.1 Å². The largest absolute Gasteiger partial charge is 0.479 e. The van der Waals surface area contributed by atoms with E-state index < -0.39 is 37.0 Å². The second-order valence-corrected chi connectivity index (χ2v) is 9.51. The Balaban J connectivity index is 1.32. The van der Waals surface area contributed by atoms with Crippen LogP contribution < -0.4 is 10.1 Å². The number of benzene rings is 1. The Bertz CT molecular complexity index is 1540. The molecule has 2 atom stereocenters. The van der Waals surface area contributed by atoms with E-state index in [1.54, 1.807) is 30.0 Å². The molecule has 2 aliphatic rings. The van der Waals surface area contributed by atoms with E-state index in [-0.39, 0.29) is 42.7 Å². The molecule has 6 rings (SSSR count). The number of halogens is 4. The van der Waals surface area contributed by atoms with Crippen molar-refractivity contribution in [2.24, 2.45) is 0 Å². The summed E-state index contributed by atoms with van der Waals surface area (Å²) in [5.74, 6) is -0.0583. The van der Waals surface area contributed by atoms with Crippen molar-refractivity contribution in [1.82, 2.24) is 29.0 Å². The lowest BCUT2D eigenvalue weighted by Crippen LogP contribution is -2.57. The minimum Gasteiger partial charge on any atom is -0.479 e. The molecule has 2 fully saturated rings. The van der Waals surface area contributed by atoms with Crippen LogP contribution in [0.25, 0.3) is 27.7 Å². The maximum absolute atomic E-state index is 15.4. The number of likely N-dealkylation sites (tertiary alicyclic amines) is 1. The molecule has 2 saturated heterocycles. The Morgan fingerprint density at radius 2 is 2.11 bits per heavy atom. The highest BCUT2D eigenvalue weighted by Gasteiger charge is 2.36. The number of methoxy groups -OCH3 is 1. The van der Waals surface area contributed by atoms with Crippen LogP contribution in [0.3, 0.4) is 0 Å². The van der Waals surface area contributed by atoms with Gasteiger partial charge in [-0.1, -0.05) is 6.07 Å². The number of piperidine rings is 1. The Kier molecular flexibility index (Phi) is 6.03. The smallest absolute Gasteiger partial charge is 0.256 e. The second kappa shape index (κ2) is 9.70. The standard InChI is InChI=1S/C25H27F4N7O2/c1-13-30-19-4-3-14(7-20(19)35(13)10-21(28)29)22-17(27)9-36-23(22)24(37-2)32-25(33-36)31-18-5-6-34(8-16(18)26)15-11-38-12-15/h3-4,7,9,15-16,18,21H,5-6,8,10-12H2,1-2H3,(H,31,33)/t16-,18-/m1/s1/i15D. The van der Waals surface area contributed by atoms with Gasteiger partial charge < -0.3 is 19.4 Å². The van der Waals surface area contributed by atoms with Crippen molar-refractivity contribution in [3.63, 3.8) is 0 Å². The van der Waals surface area contributed by atoms with Gasteiger partial charge in [-0.05, 0) is 31.0 Å². The summed E-state index contributed by atoms with van der Waals surface area (Å²) in [7, 11) is 1.38. The van der Waals surface area contributed by atoms with Gasteiger partial charge in [-0.2, -0.15) is 4.98 Å². The average Bonchev–Trinajstić information content (AvgIpc) is 3.37. The number of ether oxygens (including phenoxy) is 2. The lowest BCUT2D eigenvalue weighted by atomic mass is 10.0. The van der Waals surface area contributed by atoms with E-state index in [9.17, 15) is 8.78 Å². The maximum Gasteiger partial charge on any atom is 0.256 e. The SMILES string of the molecule is [2H]C1(N2CC[C@@H](Nc3nc(OC)c4c(-c5ccc6nc(C)n(CC(F)F)c6c5)c(F)cn4n3)[C@H](F)C2)COC1. The van der Waals surface area contributed by atoms with Crippen LogP contribution in [0.2, 0.25) is 0 Å². The number of hydrogen-bond acceptors (Lipinski definition) is 7. The molecule has 2 aliphatic heterocycles. The number of nitrogens with one attached hydrogen (secondary N) is 1. The summed E-state index contributed by atoms with van der Waals surface area (Å²) in [5.41, 5.74) is 1.77. The zero-order valence-electron chi connectivity index (χ0n) is 21.8. The molecule has 0 saturated carbocycles. The van der Waals surface area contributed by atoms with Gasteiger partial charge in [0.05, 0.1) is 63.1 Å². The molecule has 4 aromatic rings. The van der Waals surface area contributed by atoms with Gasteiger partial charge in [0.2, 0.25) is 11.8 Å². The number of alkyl halides is 3. The van der Waals surface area contributed by atoms with Crippen molar-refractivity contribution < 1.29 is 28.4 Å².